The minimum absolute atomic E-state index is 0.890. The van der Waals surface area contributed by atoms with E-state index in [2.05, 4.69) is 179 Å². The van der Waals surface area contributed by atoms with E-state index in [1.54, 1.807) is 0 Å². The minimum Gasteiger partial charge on any atom is -0.455 e. The smallest absolute Gasteiger partial charge is 0.143 e. The van der Waals surface area contributed by atoms with Crippen molar-refractivity contribution in [2.75, 3.05) is 0 Å². The van der Waals surface area contributed by atoms with Crippen molar-refractivity contribution in [2.45, 2.75) is 0 Å². The summed E-state index contributed by atoms with van der Waals surface area (Å²) in [5, 5.41) is 9.82. The Bertz CT molecular complexity index is 3410. The number of hydrogen-bond acceptors (Lipinski definition) is 2. The molecular weight excluding hydrogens is 653 g/mol. The Balaban J connectivity index is 1.13. The van der Waals surface area contributed by atoms with Crippen LogP contribution in [0.2, 0.25) is 0 Å². The van der Waals surface area contributed by atoms with Gasteiger partial charge in [0, 0.05) is 69.4 Å². The second-order valence-electron chi connectivity index (χ2n) is 13.7. The van der Waals surface area contributed by atoms with Gasteiger partial charge in [-0.1, -0.05) is 103 Å². The molecule has 0 saturated carbocycles. The molecule has 52 heavy (non-hydrogen) atoms. The zero-order valence-corrected chi connectivity index (χ0v) is 28.7. The lowest BCUT2D eigenvalue weighted by atomic mass is 9.97. The van der Waals surface area contributed by atoms with Gasteiger partial charge in [-0.05, 0) is 72.3 Å². The van der Waals surface area contributed by atoms with Crippen LogP contribution in [0.3, 0.4) is 0 Å². The monoisotopic (exact) mass is 680 g/mol. The van der Waals surface area contributed by atoms with E-state index in [-0.39, 0.29) is 0 Å². The van der Waals surface area contributed by atoms with Crippen LogP contribution in [0.4, 0.5) is 0 Å². The first kappa shape index (κ1) is 28.1. The van der Waals surface area contributed by atoms with Gasteiger partial charge in [-0.2, -0.15) is 0 Å². The highest BCUT2D eigenvalue weighted by molar-refractivity contribution is 7.25. The average molecular weight is 681 g/mol. The predicted octanol–water partition coefficient (Wildman–Crippen LogP) is 13.8. The highest BCUT2D eigenvalue weighted by Gasteiger charge is 2.20. The first-order valence-corrected chi connectivity index (χ1v) is 18.5. The number of hydrogen-bond donors (Lipinski definition) is 0. The Morgan fingerprint density at radius 1 is 0.365 bits per heavy atom. The van der Waals surface area contributed by atoms with Gasteiger partial charge in [-0.25, -0.2) is 0 Å². The van der Waals surface area contributed by atoms with Crippen molar-refractivity contribution in [2.24, 2.45) is 0 Å². The molecule has 4 heterocycles. The van der Waals surface area contributed by atoms with E-state index in [0.717, 1.165) is 38.9 Å². The third-order valence-corrected chi connectivity index (χ3v) is 12.0. The lowest BCUT2D eigenvalue weighted by molar-refractivity contribution is 0.670. The van der Waals surface area contributed by atoms with Gasteiger partial charge in [0.25, 0.3) is 0 Å². The molecule has 12 rings (SSSR count). The molecule has 0 amide bonds. The first-order chi connectivity index (χ1) is 25.8. The molecule has 0 unspecified atom stereocenters. The number of aromatic nitrogens is 2. The van der Waals surface area contributed by atoms with E-state index in [9.17, 15) is 0 Å². The van der Waals surface area contributed by atoms with Gasteiger partial charge in [-0.15, -0.1) is 11.3 Å². The molecule has 8 aromatic carbocycles. The summed E-state index contributed by atoms with van der Waals surface area (Å²) in [5.41, 5.74) is 11.2. The lowest BCUT2D eigenvalue weighted by Gasteiger charge is -2.10. The van der Waals surface area contributed by atoms with Crippen molar-refractivity contribution in [3.05, 3.63) is 170 Å². The van der Waals surface area contributed by atoms with Crippen LogP contribution in [0, 0.1) is 0 Å². The Morgan fingerprint density at radius 3 is 1.77 bits per heavy atom. The molecule has 12 aromatic rings. The zero-order chi connectivity index (χ0) is 33.9. The van der Waals surface area contributed by atoms with Crippen molar-refractivity contribution in [3.63, 3.8) is 0 Å². The largest absolute Gasteiger partial charge is 0.455 e. The topological polar surface area (TPSA) is 23.0 Å². The van der Waals surface area contributed by atoms with Gasteiger partial charge in [-0.3, -0.25) is 0 Å². The van der Waals surface area contributed by atoms with Crippen molar-refractivity contribution in [1.82, 2.24) is 9.13 Å². The SMILES string of the molecule is c1ccc(-n2c3ccccc3c3cc4c5ccccc5n(-c5ccc6oc7c(-c8cccc9sc%10ccccc%10c89)cccc7c6c5)c4cc32)cc1. The van der Waals surface area contributed by atoms with Crippen molar-refractivity contribution in [3.8, 4) is 22.5 Å². The molecular formula is C48H28N2OS. The number of nitrogens with zero attached hydrogens (tertiary/aromatic N) is 2. The third-order valence-electron chi connectivity index (χ3n) is 10.9. The molecule has 0 N–H and O–H groups in total. The van der Waals surface area contributed by atoms with Crippen LogP contribution in [-0.2, 0) is 0 Å². The standard InChI is InChI=1S/C48H28N2OS/c1-2-12-29(13-3-1)49-40-20-7-4-14-31(40)37-27-38-32-15-5-8-21-41(32)50(43(38)28-42(37)49)30-24-25-44-39(26-30)35-19-10-18-34(48(35)51-44)33-17-11-23-46-47(33)36-16-6-9-22-45(36)52-46/h1-28H. The van der Waals surface area contributed by atoms with Gasteiger partial charge in [0.05, 0.1) is 22.1 Å². The molecule has 242 valence electrons. The van der Waals surface area contributed by atoms with Crippen molar-refractivity contribution in [1.29, 1.82) is 0 Å². The molecule has 4 heteroatoms. The van der Waals surface area contributed by atoms with Crippen LogP contribution in [0.5, 0.6) is 0 Å². The van der Waals surface area contributed by atoms with E-state index in [1.165, 1.54) is 69.3 Å². The summed E-state index contributed by atoms with van der Waals surface area (Å²) >= 11 is 1.85. The summed E-state index contributed by atoms with van der Waals surface area (Å²) in [5.74, 6) is 0. The molecule has 0 atom stereocenters. The van der Waals surface area contributed by atoms with Gasteiger partial charge < -0.3 is 13.6 Å². The van der Waals surface area contributed by atoms with Gasteiger partial charge >= 0.3 is 0 Å². The van der Waals surface area contributed by atoms with E-state index in [1.807, 2.05) is 11.3 Å². The van der Waals surface area contributed by atoms with Gasteiger partial charge in [0.2, 0.25) is 0 Å². The molecule has 3 nitrogen and oxygen atoms in total. The quantitative estimate of drug-likeness (QED) is 0.182. The summed E-state index contributed by atoms with van der Waals surface area (Å²) in [6, 6.07) is 61.6. The maximum atomic E-state index is 6.77. The van der Waals surface area contributed by atoms with E-state index >= 15 is 0 Å². The summed E-state index contributed by atoms with van der Waals surface area (Å²) in [4.78, 5) is 0. The Labute approximate surface area is 301 Å². The molecule has 0 aliphatic heterocycles. The predicted molar refractivity (Wildman–Crippen MR) is 221 cm³/mol. The summed E-state index contributed by atoms with van der Waals surface area (Å²) in [6.45, 7) is 0. The van der Waals surface area contributed by atoms with Crippen LogP contribution in [0.1, 0.15) is 0 Å². The van der Waals surface area contributed by atoms with E-state index in [0.29, 0.717) is 0 Å². The fourth-order valence-electron chi connectivity index (χ4n) is 8.70. The highest BCUT2D eigenvalue weighted by Crippen LogP contribution is 2.45. The van der Waals surface area contributed by atoms with Crippen molar-refractivity contribution < 1.29 is 4.42 Å². The molecule has 0 aliphatic rings. The first-order valence-electron chi connectivity index (χ1n) is 17.7. The Kier molecular flexibility index (Phi) is 5.65. The van der Waals surface area contributed by atoms with E-state index < -0.39 is 0 Å². The molecule has 4 aromatic heterocycles. The number of fused-ring (bicyclic) bond motifs is 12. The maximum absolute atomic E-state index is 6.77. The summed E-state index contributed by atoms with van der Waals surface area (Å²) < 4.78 is 14.2. The molecule has 0 spiro atoms. The average Bonchev–Trinajstić information content (AvgIpc) is 3.94. The number of benzene rings is 8. The second kappa shape index (κ2) is 10.5. The summed E-state index contributed by atoms with van der Waals surface area (Å²) in [6.07, 6.45) is 0. The van der Waals surface area contributed by atoms with E-state index in [4.69, 9.17) is 4.42 Å². The molecule has 0 bridgehead atoms. The van der Waals surface area contributed by atoms with Crippen LogP contribution in [0.25, 0.3) is 108 Å². The molecule has 0 aliphatic carbocycles. The van der Waals surface area contributed by atoms with Crippen LogP contribution < -0.4 is 0 Å². The number of para-hydroxylation sites is 4. The number of rotatable bonds is 3. The van der Waals surface area contributed by atoms with Crippen LogP contribution in [-0.4, -0.2) is 9.13 Å². The molecule has 0 radical (unpaired) electrons. The van der Waals surface area contributed by atoms with Gasteiger partial charge in [0.1, 0.15) is 11.2 Å². The lowest BCUT2D eigenvalue weighted by Crippen LogP contribution is -1.95. The minimum atomic E-state index is 0.890. The van der Waals surface area contributed by atoms with Crippen LogP contribution in [0.15, 0.2) is 174 Å². The summed E-state index contributed by atoms with van der Waals surface area (Å²) in [7, 11) is 0. The fraction of sp³-hybridized carbons (Fsp3) is 0. The molecule has 0 fully saturated rings. The molecule has 0 saturated heterocycles. The second-order valence-corrected chi connectivity index (χ2v) is 14.8. The van der Waals surface area contributed by atoms with Crippen LogP contribution >= 0.6 is 11.3 Å². The normalized spacial score (nSPS) is 12.2. The Hall–Kier alpha value is -6.62. The van der Waals surface area contributed by atoms with Gasteiger partial charge in [0.15, 0.2) is 0 Å². The number of thiophene rings is 1. The highest BCUT2D eigenvalue weighted by atomic mass is 32.1. The third kappa shape index (κ3) is 3.79. The van der Waals surface area contributed by atoms with Crippen molar-refractivity contribution >= 4 is 97.1 Å². The fourth-order valence-corrected chi connectivity index (χ4v) is 9.83. The zero-order valence-electron chi connectivity index (χ0n) is 27.9. The number of furan rings is 1. The maximum Gasteiger partial charge on any atom is 0.143 e. The Morgan fingerprint density at radius 2 is 0.981 bits per heavy atom.